The summed E-state index contributed by atoms with van der Waals surface area (Å²) in [5.74, 6) is 2.06. The van der Waals surface area contributed by atoms with Crippen LogP contribution in [0.4, 0.5) is 0 Å². The summed E-state index contributed by atoms with van der Waals surface area (Å²) in [6, 6.07) is 0. The van der Waals surface area contributed by atoms with Crippen molar-refractivity contribution in [1.29, 1.82) is 0 Å². The van der Waals surface area contributed by atoms with Crippen molar-refractivity contribution >= 4 is 5.91 Å². The maximum absolute atomic E-state index is 12.1. The quantitative estimate of drug-likeness (QED) is 0.737. The van der Waals surface area contributed by atoms with Crippen molar-refractivity contribution in [2.75, 3.05) is 32.7 Å². The van der Waals surface area contributed by atoms with Crippen LogP contribution < -0.4 is 11.1 Å². The zero-order valence-corrected chi connectivity index (χ0v) is 13.7. The molecule has 2 aliphatic rings. The van der Waals surface area contributed by atoms with Crippen molar-refractivity contribution < 1.29 is 4.79 Å². The van der Waals surface area contributed by atoms with E-state index in [2.05, 4.69) is 17.1 Å². The van der Waals surface area contributed by atoms with Crippen LogP contribution in [0.3, 0.4) is 0 Å². The predicted molar refractivity (Wildman–Crippen MR) is 87.0 cm³/mol. The summed E-state index contributed by atoms with van der Waals surface area (Å²) in [6.07, 6.45) is 8.04. The van der Waals surface area contributed by atoms with Gasteiger partial charge in [-0.25, -0.2) is 0 Å². The van der Waals surface area contributed by atoms with E-state index in [0.717, 1.165) is 57.7 Å². The SMILES string of the molecule is CC1CCN(CCCNC(=O)C2CCC(CN)CC2)CC1. The number of rotatable bonds is 6. The number of nitrogens with two attached hydrogens (primary N) is 1. The van der Waals surface area contributed by atoms with Crippen LogP contribution in [-0.2, 0) is 4.79 Å². The van der Waals surface area contributed by atoms with E-state index in [1.807, 2.05) is 0 Å². The highest BCUT2D eigenvalue weighted by molar-refractivity contribution is 5.78. The smallest absolute Gasteiger partial charge is 0.223 e. The number of carbonyl (C=O) groups excluding carboxylic acids is 1. The second kappa shape index (κ2) is 8.74. The average molecular weight is 295 g/mol. The minimum absolute atomic E-state index is 0.239. The number of hydrogen-bond donors (Lipinski definition) is 2. The third-order valence-electron chi connectivity index (χ3n) is 5.38. The van der Waals surface area contributed by atoms with Gasteiger partial charge in [-0.2, -0.15) is 0 Å². The minimum Gasteiger partial charge on any atom is -0.356 e. The highest BCUT2D eigenvalue weighted by Gasteiger charge is 2.25. The van der Waals surface area contributed by atoms with Gasteiger partial charge in [0.25, 0.3) is 0 Å². The topological polar surface area (TPSA) is 58.4 Å². The van der Waals surface area contributed by atoms with E-state index >= 15 is 0 Å². The van der Waals surface area contributed by atoms with Gasteiger partial charge in [0.2, 0.25) is 5.91 Å². The van der Waals surface area contributed by atoms with Crippen molar-refractivity contribution in [1.82, 2.24) is 10.2 Å². The second-order valence-corrected chi connectivity index (χ2v) is 7.12. The van der Waals surface area contributed by atoms with E-state index in [0.29, 0.717) is 5.92 Å². The van der Waals surface area contributed by atoms with Crippen molar-refractivity contribution in [2.45, 2.75) is 51.9 Å². The fourth-order valence-corrected chi connectivity index (χ4v) is 3.60. The molecule has 21 heavy (non-hydrogen) atoms. The number of hydrogen-bond acceptors (Lipinski definition) is 3. The van der Waals surface area contributed by atoms with Crippen LogP contribution in [0.2, 0.25) is 0 Å². The molecule has 0 spiro atoms. The van der Waals surface area contributed by atoms with Crippen molar-refractivity contribution in [3.8, 4) is 0 Å². The van der Waals surface area contributed by atoms with Crippen LogP contribution in [0.1, 0.15) is 51.9 Å². The lowest BCUT2D eigenvalue weighted by Crippen LogP contribution is -2.37. The molecule has 3 N–H and O–H groups in total. The molecule has 1 amide bonds. The molecule has 0 radical (unpaired) electrons. The normalized spacial score (nSPS) is 28.5. The van der Waals surface area contributed by atoms with Crippen LogP contribution in [-0.4, -0.2) is 43.5 Å². The summed E-state index contributed by atoms with van der Waals surface area (Å²) in [5, 5.41) is 3.14. The van der Waals surface area contributed by atoms with Crippen LogP contribution in [0, 0.1) is 17.8 Å². The van der Waals surface area contributed by atoms with E-state index in [4.69, 9.17) is 5.73 Å². The lowest BCUT2D eigenvalue weighted by Gasteiger charge is -2.30. The van der Waals surface area contributed by atoms with Crippen molar-refractivity contribution in [2.24, 2.45) is 23.5 Å². The van der Waals surface area contributed by atoms with Gasteiger partial charge in [-0.15, -0.1) is 0 Å². The predicted octanol–water partition coefficient (Wildman–Crippen LogP) is 1.99. The standard InChI is InChI=1S/C17H33N3O/c1-14-7-11-20(12-8-14)10-2-9-19-17(21)16-5-3-15(13-18)4-6-16/h14-16H,2-13,18H2,1H3,(H,19,21). The highest BCUT2D eigenvalue weighted by Crippen LogP contribution is 2.28. The van der Waals surface area contributed by atoms with Gasteiger partial charge in [-0.1, -0.05) is 6.92 Å². The minimum atomic E-state index is 0.239. The molecule has 2 fully saturated rings. The van der Waals surface area contributed by atoms with Gasteiger partial charge in [0.05, 0.1) is 0 Å². The van der Waals surface area contributed by atoms with Crippen LogP contribution in [0.15, 0.2) is 0 Å². The van der Waals surface area contributed by atoms with E-state index < -0.39 is 0 Å². The fraction of sp³-hybridized carbons (Fsp3) is 0.941. The third kappa shape index (κ3) is 5.59. The first-order valence-corrected chi connectivity index (χ1v) is 8.89. The van der Waals surface area contributed by atoms with Crippen molar-refractivity contribution in [3.05, 3.63) is 0 Å². The first-order valence-electron chi connectivity index (χ1n) is 8.89. The molecule has 1 heterocycles. The molecule has 1 saturated carbocycles. The summed E-state index contributed by atoms with van der Waals surface area (Å²) < 4.78 is 0. The molecule has 1 saturated heterocycles. The number of carbonyl (C=O) groups is 1. The molecule has 0 atom stereocenters. The van der Waals surface area contributed by atoms with Crippen LogP contribution >= 0.6 is 0 Å². The molecule has 4 nitrogen and oxygen atoms in total. The van der Waals surface area contributed by atoms with E-state index in [-0.39, 0.29) is 11.8 Å². The number of nitrogens with zero attached hydrogens (tertiary/aromatic N) is 1. The summed E-state index contributed by atoms with van der Waals surface area (Å²) in [4.78, 5) is 14.7. The molecule has 0 aromatic carbocycles. The Morgan fingerprint density at radius 3 is 2.43 bits per heavy atom. The summed E-state index contributed by atoms with van der Waals surface area (Å²) in [7, 11) is 0. The largest absolute Gasteiger partial charge is 0.356 e. The third-order valence-corrected chi connectivity index (χ3v) is 5.38. The number of amides is 1. The van der Waals surface area contributed by atoms with E-state index in [1.165, 1.54) is 25.9 Å². The van der Waals surface area contributed by atoms with Crippen LogP contribution in [0.25, 0.3) is 0 Å². The van der Waals surface area contributed by atoms with Gasteiger partial charge in [0.1, 0.15) is 0 Å². The Kier molecular flexibility index (Phi) is 6.97. The molecule has 0 bridgehead atoms. The molecule has 2 rings (SSSR count). The van der Waals surface area contributed by atoms with E-state index in [1.54, 1.807) is 0 Å². The molecule has 122 valence electrons. The molecule has 1 aliphatic carbocycles. The monoisotopic (exact) mass is 295 g/mol. The lowest BCUT2D eigenvalue weighted by atomic mass is 9.81. The Bertz CT molecular complexity index is 305. The van der Waals surface area contributed by atoms with Gasteiger partial charge in [0, 0.05) is 12.5 Å². The molecule has 0 aromatic heterocycles. The fourth-order valence-electron chi connectivity index (χ4n) is 3.60. The maximum Gasteiger partial charge on any atom is 0.223 e. The number of piperidine rings is 1. The van der Waals surface area contributed by atoms with E-state index in [9.17, 15) is 4.79 Å². The first kappa shape index (κ1) is 16.8. The Morgan fingerprint density at radius 1 is 1.14 bits per heavy atom. The Balaban J connectivity index is 1.53. The molecular weight excluding hydrogens is 262 g/mol. The lowest BCUT2D eigenvalue weighted by molar-refractivity contribution is -0.126. The zero-order chi connectivity index (χ0) is 15.1. The number of likely N-dealkylation sites (tertiary alicyclic amines) is 1. The Morgan fingerprint density at radius 2 is 1.81 bits per heavy atom. The van der Waals surface area contributed by atoms with Crippen molar-refractivity contribution in [3.63, 3.8) is 0 Å². The first-order chi connectivity index (χ1) is 10.2. The van der Waals surface area contributed by atoms with Gasteiger partial charge < -0.3 is 16.0 Å². The Labute approximate surface area is 129 Å². The summed E-state index contributed by atoms with van der Waals surface area (Å²) >= 11 is 0. The van der Waals surface area contributed by atoms with Crippen LogP contribution in [0.5, 0.6) is 0 Å². The average Bonchev–Trinajstić information content (AvgIpc) is 2.53. The molecule has 4 heteroatoms. The van der Waals surface area contributed by atoms with Gasteiger partial charge in [0.15, 0.2) is 0 Å². The zero-order valence-electron chi connectivity index (χ0n) is 13.7. The Hall–Kier alpha value is -0.610. The second-order valence-electron chi connectivity index (χ2n) is 7.12. The summed E-state index contributed by atoms with van der Waals surface area (Å²) in [5.41, 5.74) is 5.70. The molecule has 0 unspecified atom stereocenters. The van der Waals surface area contributed by atoms with Gasteiger partial charge in [-0.3, -0.25) is 4.79 Å². The van der Waals surface area contributed by atoms with Gasteiger partial charge in [-0.05, 0) is 83.0 Å². The molecule has 1 aliphatic heterocycles. The van der Waals surface area contributed by atoms with Gasteiger partial charge >= 0.3 is 0 Å². The number of nitrogens with one attached hydrogen (secondary N) is 1. The maximum atomic E-state index is 12.1. The summed E-state index contributed by atoms with van der Waals surface area (Å²) in [6.45, 7) is 7.56. The molecular formula is C17H33N3O. The highest BCUT2D eigenvalue weighted by atomic mass is 16.1. The molecule has 0 aromatic rings.